The molecule has 0 rings (SSSR count). The van der Waals surface area contributed by atoms with E-state index in [1.165, 1.54) is 263 Å². The molecule has 0 saturated heterocycles. The molecule has 0 aromatic carbocycles. The Kier molecular flexibility index (Phi) is 46.1. The van der Waals surface area contributed by atoms with E-state index in [1.54, 1.807) is 0 Å². The van der Waals surface area contributed by atoms with E-state index in [0.29, 0.717) is 6.42 Å². The van der Waals surface area contributed by atoms with Crippen LogP contribution in [0.25, 0.3) is 0 Å². The molecule has 0 amide bonds. The number of ether oxygens (including phenoxy) is 1. The molecule has 312 valence electrons. The highest BCUT2D eigenvalue weighted by Gasteiger charge is 2.14. The summed E-state index contributed by atoms with van der Waals surface area (Å²) in [6.45, 7) is 6.90. The van der Waals surface area contributed by atoms with Crippen LogP contribution < -0.4 is 0 Å². The van der Waals surface area contributed by atoms with Crippen LogP contribution in [-0.2, 0) is 9.53 Å². The van der Waals surface area contributed by atoms with E-state index in [9.17, 15) is 4.79 Å². The van der Waals surface area contributed by atoms with E-state index in [1.807, 2.05) is 0 Å². The van der Waals surface area contributed by atoms with Gasteiger partial charge in [0, 0.05) is 6.42 Å². The highest BCUT2D eigenvalue weighted by molar-refractivity contribution is 5.69. The number of rotatable bonds is 46. The fourth-order valence-electron chi connectivity index (χ4n) is 8.10. The number of carbonyl (C=O) groups excluding carboxylic acids is 1. The lowest BCUT2D eigenvalue weighted by Gasteiger charge is -2.18. The normalized spacial score (nSPS) is 12.1. The SMILES string of the molecule is CCCCCCCCCCCCCCCCCC(=O)OC(CCCCCCCCCCCCCC)CCCCCCCCCCCCCCCCC. The predicted molar refractivity (Wildman–Crippen MR) is 235 cm³/mol. The highest BCUT2D eigenvalue weighted by atomic mass is 16.5. The van der Waals surface area contributed by atoms with Gasteiger partial charge in [-0.1, -0.05) is 271 Å². The standard InChI is InChI=1S/C50H100O2/c1-4-7-10-13-16-19-22-25-27-29-32-35-38-41-44-47-49(46-43-40-37-34-31-24-21-18-15-12-9-6-3)52-50(51)48-45-42-39-36-33-30-28-26-23-20-17-14-11-8-5-2/h49H,4-48H2,1-3H3. The molecule has 0 bridgehead atoms. The van der Waals surface area contributed by atoms with Gasteiger partial charge in [0.05, 0.1) is 0 Å². The first kappa shape index (κ1) is 51.5. The molecule has 0 fully saturated rings. The Morgan fingerprint density at radius 1 is 0.288 bits per heavy atom. The smallest absolute Gasteiger partial charge is 0.306 e. The van der Waals surface area contributed by atoms with Crippen molar-refractivity contribution in [2.45, 2.75) is 316 Å². The van der Waals surface area contributed by atoms with Crippen LogP contribution in [0.5, 0.6) is 0 Å². The maximum Gasteiger partial charge on any atom is 0.306 e. The average molecular weight is 733 g/mol. The van der Waals surface area contributed by atoms with Gasteiger partial charge in [0.25, 0.3) is 0 Å². The zero-order valence-corrected chi connectivity index (χ0v) is 36.7. The topological polar surface area (TPSA) is 26.3 Å². The summed E-state index contributed by atoms with van der Waals surface area (Å²) < 4.78 is 6.15. The van der Waals surface area contributed by atoms with E-state index < -0.39 is 0 Å². The Hall–Kier alpha value is -0.530. The molecule has 0 N–H and O–H groups in total. The molecule has 2 nitrogen and oxygen atoms in total. The number of esters is 1. The van der Waals surface area contributed by atoms with Crippen molar-refractivity contribution in [3.63, 3.8) is 0 Å². The van der Waals surface area contributed by atoms with Crippen molar-refractivity contribution >= 4 is 5.97 Å². The van der Waals surface area contributed by atoms with Gasteiger partial charge < -0.3 is 4.74 Å². The highest BCUT2D eigenvalue weighted by Crippen LogP contribution is 2.20. The van der Waals surface area contributed by atoms with Gasteiger partial charge in [-0.3, -0.25) is 4.79 Å². The van der Waals surface area contributed by atoms with E-state index in [0.717, 1.165) is 19.3 Å². The molecule has 0 aliphatic carbocycles. The average Bonchev–Trinajstić information content (AvgIpc) is 3.15. The van der Waals surface area contributed by atoms with E-state index in [4.69, 9.17) is 4.74 Å². The van der Waals surface area contributed by atoms with Gasteiger partial charge in [-0.25, -0.2) is 0 Å². The summed E-state index contributed by atoms with van der Waals surface area (Å²) >= 11 is 0. The van der Waals surface area contributed by atoms with Crippen LogP contribution >= 0.6 is 0 Å². The van der Waals surface area contributed by atoms with Crippen molar-refractivity contribution in [2.75, 3.05) is 0 Å². The summed E-state index contributed by atoms with van der Waals surface area (Å²) in [6, 6.07) is 0. The number of hydrogen-bond acceptors (Lipinski definition) is 2. The van der Waals surface area contributed by atoms with Crippen LogP contribution in [0.2, 0.25) is 0 Å². The second-order valence-corrected chi connectivity index (χ2v) is 17.2. The van der Waals surface area contributed by atoms with Crippen LogP contribution in [-0.4, -0.2) is 12.1 Å². The van der Waals surface area contributed by atoms with Crippen molar-refractivity contribution in [1.29, 1.82) is 0 Å². The Morgan fingerprint density at radius 2 is 0.481 bits per heavy atom. The van der Waals surface area contributed by atoms with Crippen molar-refractivity contribution in [1.82, 2.24) is 0 Å². The monoisotopic (exact) mass is 733 g/mol. The molecule has 0 aliphatic rings. The summed E-state index contributed by atoms with van der Waals surface area (Å²) in [6.07, 6.45) is 61.0. The molecule has 0 aromatic rings. The Morgan fingerprint density at radius 3 is 0.712 bits per heavy atom. The predicted octanol–water partition coefficient (Wildman–Crippen LogP) is 18.5. The first-order valence-electron chi connectivity index (χ1n) is 24.9. The van der Waals surface area contributed by atoms with Gasteiger partial charge in [0.2, 0.25) is 0 Å². The summed E-state index contributed by atoms with van der Waals surface area (Å²) in [5.41, 5.74) is 0. The maximum atomic E-state index is 12.8. The van der Waals surface area contributed by atoms with Gasteiger partial charge in [-0.15, -0.1) is 0 Å². The third-order valence-corrected chi connectivity index (χ3v) is 11.8. The van der Waals surface area contributed by atoms with Crippen LogP contribution in [0.15, 0.2) is 0 Å². The molecule has 1 atom stereocenters. The van der Waals surface area contributed by atoms with Crippen molar-refractivity contribution < 1.29 is 9.53 Å². The first-order valence-corrected chi connectivity index (χ1v) is 24.9. The van der Waals surface area contributed by atoms with Gasteiger partial charge in [-0.2, -0.15) is 0 Å². The van der Waals surface area contributed by atoms with Crippen LogP contribution in [0.3, 0.4) is 0 Å². The number of hydrogen-bond donors (Lipinski definition) is 0. The van der Waals surface area contributed by atoms with Crippen LogP contribution in [0.4, 0.5) is 0 Å². The minimum absolute atomic E-state index is 0.0830. The van der Waals surface area contributed by atoms with Gasteiger partial charge in [0.15, 0.2) is 0 Å². The lowest BCUT2D eigenvalue weighted by Crippen LogP contribution is -2.18. The molecular weight excluding hydrogens is 633 g/mol. The summed E-state index contributed by atoms with van der Waals surface area (Å²) in [4.78, 5) is 12.8. The zero-order chi connectivity index (χ0) is 37.7. The fraction of sp³-hybridized carbons (Fsp3) is 0.980. The maximum absolute atomic E-state index is 12.8. The third-order valence-electron chi connectivity index (χ3n) is 11.8. The van der Waals surface area contributed by atoms with E-state index in [-0.39, 0.29) is 12.1 Å². The summed E-state index contributed by atoms with van der Waals surface area (Å²) in [7, 11) is 0. The minimum Gasteiger partial charge on any atom is -0.462 e. The lowest BCUT2D eigenvalue weighted by atomic mass is 10.0. The largest absolute Gasteiger partial charge is 0.462 e. The van der Waals surface area contributed by atoms with E-state index >= 15 is 0 Å². The lowest BCUT2D eigenvalue weighted by molar-refractivity contribution is -0.150. The number of unbranched alkanes of at least 4 members (excludes halogenated alkanes) is 39. The molecule has 2 heteroatoms. The fourth-order valence-corrected chi connectivity index (χ4v) is 8.10. The Balaban J connectivity index is 4.04. The van der Waals surface area contributed by atoms with Gasteiger partial charge in [0.1, 0.15) is 6.10 Å². The molecule has 0 radical (unpaired) electrons. The second-order valence-electron chi connectivity index (χ2n) is 17.2. The molecule has 0 aliphatic heterocycles. The zero-order valence-electron chi connectivity index (χ0n) is 36.7. The third kappa shape index (κ3) is 43.9. The quantitative estimate of drug-likeness (QED) is 0.0460. The van der Waals surface area contributed by atoms with Crippen molar-refractivity contribution in [2.24, 2.45) is 0 Å². The summed E-state index contributed by atoms with van der Waals surface area (Å²) in [5, 5.41) is 0. The van der Waals surface area contributed by atoms with Crippen molar-refractivity contribution in [3.05, 3.63) is 0 Å². The number of carbonyl (C=O) groups is 1. The van der Waals surface area contributed by atoms with E-state index in [2.05, 4.69) is 20.8 Å². The molecular formula is C50H100O2. The molecule has 0 spiro atoms. The first-order chi connectivity index (χ1) is 25.7. The molecule has 0 saturated carbocycles. The molecule has 0 aromatic heterocycles. The molecule has 0 heterocycles. The van der Waals surface area contributed by atoms with Crippen LogP contribution in [0, 0.1) is 0 Å². The van der Waals surface area contributed by atoms with Gasteiger partial charge >= 0.3 is 5.97 Å². The second kappa shape index (κ2) is 46.6. The minimum atomic E-state index is 0.0830. The Bertz CT molecular complexity index is 644. The Labute approximate surface area is 330 Å². The molecule has 1 unspecified atom stereocenters. The van der Waals surface area contributed by atoms with Gasteiger partial charge in [-0.05, 0) is 32.1 Å². The summed E-state index contributed by atoms with van der Waals surface area (Å²) in [5.74, 6) is 0.0830. The van der Waals surface area contributed by atoms with Crippen LogP contribution in [0.1, 0.15) is 310 Å². The molecule has 52 heavy (non-hydrogen) atoms. The van der Waals surface area contributed by atoms with Crippen molar-refractivity contribution in [3.8, 4) is 0 Å².